The first-order chi connectivity index (χ1) is 11.2. The number of likely N-dealkylation sites (tertiary alicyclic amines) is 1. The van der Waals surface area contributed by atoms with E-state index in [9.17, 15) is 4.79 Å². The van der Waals surface area contributed by atoms with Crippen molar-refractivity contribution in [3.63, 3.8) is 0 Å². The van der Waals surface area contributed by atoms with E-state index in [-0.39, 0.29) is 30.5 Å². The molecule has 0 radical (unpaired) electrons. The van der Waals surface area contributed by atoms with Gasteiger partial charge in [0.2, 0.25) is 0 Å². The standard InChI is InChI=1S/C19H28N2O2.ClH/c1-2-14-13-21(19(22)18-9-8-16(12-20)23-18)11-10-17(14)15-6-4-3-5-7-15;/h3-7,14,16-18H,2,8-13,20H2,1H3;1H/t14?,16-,17?,18+;/m1./s1. The van der Waals surface area contributed by atoms with Crippen molar-refractivity contribution >= 4 is 18.3 Å². The highest BCUT2D eigenvalue weighted by atomic mass is 35.5. The Balaban J connectivity index is 0.00000208. The van der Waals surface area contributed by atoms with Gasteiger partial charge in [0, 0.05) is 19.6 Å². The molecule has 5 heteroatoms. The number of nitrogens with zero attached hydrogens (tertiary/aromatic N) is 1. The number of rotatable bonds is 4. The Labute approximate surface area is 151 Å². The SMILES string of the molecule is CCC1CN(C(=O)[C@@H]2CC[C@H](CN)O2)CCC1c1ccccc1.Cl. The number of halogens is 1. The molecule has 0 aliphatic carbocycles. The molecule has 0 saturated carbocycles. The Kier molecular flexibility index (Phi) is 7.08. The summed E-state index contributed by atoms with van der Waals surface area (Å²) in [5.74, 6) is 1.26. The molecule has 0 bridgehead atoms. The van der Waals surface area contributed by atoms with Crippen molar-refractivity contribution < 1.29 is 9.53 Å². The highest BCUT2D eigenvalue weighted by Crippen LogP contribution is 2.35. The topological polar surface area (TPSA) is 55.6 Å². The van der Waals surface area contributed by atoms with Crippen LogP contribution in [-0.2, 0) is 9.53 Å². The minimum Gasteiger partial charge on any atom is -0.364 e. The second-order valence-corrected chi connectivity index (χ2v) is 6.82. The Morgan fingerprint density at radius 1 is 1.25 bits per heavy atom. The van der Waals surface area contributed by atoms with Crippen LogP contribution in [-0.4, -0.2) is 42.6 Å². The second-order valence-electron chi connectivity index (χ2n) is 6.82. The fourth-order valence-corrected chi connectivity index (χ4v) is 4.05. The summed E-state index contributed by atoms with van der Waals surface area (Å²) >= 11 is 0. The molecule has 2 N–H and O–H groups in total. The molecule has 24 heavy (non-hydrogen) atoms. The zero-order chi connectivity index (χ0) is 16.2. The van der Waals surface area contributed by atoms with Crippen molar-refractivity contribution in [3.8, 4) is 0 Å². The molecule has 0 aromatic heterocycles. The van der Waals surface area contributed by atoms with Gasteiger partial charge in [-0.1, -0.05) is 43.7 Å². The lowest BCUT2D eigenvalue weighted by atomic mass is 9.79. The summed E-state index contributed by atoms with van der Waals surface area (Å²) < 4.78 is 5.79. The number of carbonyl (C=O) groups excluding carboxylic acids is 1. The molecule has 3 rings (SSSR count). The average Bonchev–Trinajstić information content (AvgIpc) is 3.10. The van der Waals surface area contributed by atoms with Crippen molar-refractivity contribution in [1.82, 2.24) is 4.90 Å². The number of ether oxygens (including phenoxy) is 1. The summed E-state index contributed by atoms with van der Waals surface area (Å²) in [7, 11) is 0. The smallest absolute Gasteiger partial charge is 0.251 e. The lowest BCUT2D eigenvalue weighted by molar-refractivity contribution is -0.144. The number of piperidine rings is 1. The molecular weight excluding hydrogens is 324 g/mol. The average molecular weight is 353 g/mol. The summed E-state index contributed by atoms with van der Waals surface area (Å²) in [6.45, 7) is 4.42. The van der Waals surface area contributed by atoms with Crippen LogP contribution >= 0.6 is 12.4 Å². The molecule has 2 fully saturated rings. The monoisotopic (exact) mass is 352 g/mol. The predicted molar refractivity (Wildman–Crippen MR) is 98.4 cm³/mol. The summed E-state index contributed by atoms with van der Waals surface area (Å²) in [4.78, 5) is 14.8. The van der Waals surface area contributed by atoms with Crippen molar-refractivity contribution in [3.05, 3.63) is 35.9 Å². The van der Waals surface area contributed by atoms with Gasteiger partial charge < -0.3 is 15.4 Å². The van der Waals surface area contributed by atoms with Gasteiger partial charge in [0.1, 0.15) is 6.10 Å². The lowest BCUT2D eigenvalue weighted by Gasteiger charge is -2.39. The minimum atomic E-state index is -0.269. The molecule has 134 valence electrons. The van der Waals surface area contributed by atoms with Crippen LogP contribution in [0.2, 0.25) is 0 Å². The van der Waals surface area contributed by atoms with Gasteiger partial charge in [-0.2, -0.15) is 0 Å². The molecule has 4 atom stereocenters. The zero-order valence-corrected chi connectivity index (χ0v) is 15.2. The van der Waals surface area contributed by atoms with Crippen LogP contribution in [0.5, 0.6) is 0 Å². The normalized spacial score (nSPS) is 30.0. The third kappa shape index (κ3) is 4.11. The zero-order valence-electron chi connectivity index (χ0n) is 14.4. The third-order valence-corrected chi connectivity index (χ3v) is 5.44. The van der Waals surface area contributed by atoms with Crippen molar-refractivity contribution in [2.75, 3.05) is 19.6 Å². The maximum atomic E-state index is 12.7. The van der Waals surface area contributed by atoms with Gasteiger partial charge in [-0.25, -0.2) is 0 Å². The third-order valence-electron chi connectivity index (χ3n) is 5.44. The van der Waals surface area contributed by atoms with Crippen LogP contribution in [0.25, 0.3) is 0 Å². The Morgan fingerprint density at radius 2 is 2.00 bits per heavy atom. The molecule has 2 unspecified atom stereocenters. The lowest BCUT2D eigenvalue weighted by Crippen LogP contribution is -2.47. The molecule has 1 amide bonds. The van der Waals surface area contributed by atoms with E-state index in [4.69, 9.17) is 10.5 Å². The quantitative estimate of drug-likeness (QED) is 0.906. The van der Waals surface area contributed by atoms with Crippen LogP contribution in [0.4, 0.5) is 0 Å². The number of amides is 1. The number of nitrogens with two attached hydrogens (primary N) is 1. The maximum absolute atomic E-state index is 12.7. The van der Waals surface area contributed by atoms with E-state index in [1.165, 1.54) is 5.56 Å². The van der Waals surface area contributed by atoms with Gasteiger partial charge in [0.25, 0.3) is 5.91 Å². The van der Waals surface area contributed by atoms with E-state index in [0.717, 1.165) is 38.8 Å². The van der Waals surface area contributed by atoms with Gasteiger partial charge in [0.05, 0.1) is 6.10 Å². The van der Waals surface area contributed by atoms with E-state index in [1.807, 2.05) is 4.90 Å². The van der Waals surface area contributed by atoms with Gasteiger partial charge >= 0.3 is 0 Å². The molecule has 4 nitrogen and oxygen atoms in total. The second kappa shape index (κ2) is 8.84. The number of benzene rings is 1. The summed E-state index contributed by atoms with van der Waals surface area (Å²) in [6, 6.07) is 10.7. The van der Waals surface area contributed by atoms with Crippen molar-refractivity contribution in [1.29, 1.82) is 0 Å². The first-order valence-corrected chi connectivity index (χ1v) is 8.92. The summed E-state index contributed by atoms with van der Waals surface area (Å²) in [5.41, 5.74) is 7.06. The van der Waals surface area contributed by atoms with Gasteiger partial charge in [-0.15, -0.1) is 12.4 Å². The van der Waals surface area contributed by atoms with Crippen molar-refractivity contribution in [2.45, 2.75) is 50.7 Å². The minimum absolute atomic E-state index is 0. The molecule has 2 saturated heterocycles. The molecule has 1 aromatic rings. The molecule has 1 aromatic carbocycles. The van der Waals surface area contributed by atoms with E-state index in [2.05, 4.69) is 37.3 Å². The fraction of sp³-hybridized carbons (Fsp3) is 0.632. The fourth-order valence-electron chi connectivity index (χ4n) is 4.05. The summed E-state index contributed by atoms with van der Waals surface area (Å²) in [5, 5.41) is 0. The molecule has 0 spiro atoms. The van der Waals surface area contributed by atoms with E-state index in [1.54, 1.807) is 0 Å². The van der Waals surface area contributed by atoms with Gasteiger partial charge in [0.15, 0.2) is 0 Å². The maximum Gasteiger partial charge on any atom is 0.251 e. The van der Waals surface area contributed by atoms with Crippen LogP contribution in [0.3, 0.4) is 0 Å². The van der Waals surface area contributed by atoms with E-state index in [0.29, 0.717) is 18.4 Å². The Hall–Kier alpha value is -1.10. The molecular formula is C19H29ClN2O2. The Morgan fingerprint density at radius 3 is 2.62 bits per heavy atom. The molecule has 2 aliphatic rings. The van der Waals surface area contributed by atoms with Crippen LogP contribution in [0.1, 0.15) is 44.1 Å². The van der Waals surface area contributed by atoms with Crippen LogP contribution < -0.4 is 5.73 Å². The number of hydrogen-bond donors (Lipinski definition) is 1. The van der Waals surface area contributed by atoms with E-state index >= 15 is 0 Å². The van der Waals surface area contributed by atoms with Gasteiger partial charge in [-0.3, -0.25) is 4.79 Å². The van der Waals surface area contributed by atoms with Gasteiger partial charge in [-0.05, 0) is 36.7 Å². The first-order valence-electron chi connectivity index (χ1n) is 8.92. The Bertz CT molecular complexity index is 525. The largest absolute Gasteiger partial charge is 0.364 e. The summed E-state index contributed by atoms with van der Waals surface area (Å²) in [6.07, 6.45) is 3.66. The number of hydrogen-bond acceptors (Lipinski definition) is 3. The highest BCUT2D eigenvalue weighted by molar-refractivity contribution is 5.85. The highest BCUT2D eigenvalue weighted by Gasteiger charge is 2.37. The molecule has 2 aliphatic heterocycles. The number of carbonyl (C=O) groups is 1. The van der Waals surface area contributed by atoms with E-state index < -0.39 is 0 Å². The van der Waals surface area contributed by atoms with Crippen molar-refractivity contribution in [2.24, 2.45) is 11.7 Å². The van der Waals surface area contributed by atoms with Crippen LogP contribution in [0.15, 0.2) is 30.3 Å². The van der Waals surface area contributed by atoms with Crippen LogP contribution in [0, 0.1) is 5.92 Å². The first kappa shape index (κ1) is 19.2. The molecule has 2 heterocycles. The predicted octanol–water partition coefficient (Wildman–Crippen LogP) is 2.96.